The summed E-state index contributed by atoms with van der Waals surface area (Å²) in [6.45, 7) is 4.42. The van der Waals surface area contributed by atoms with Crippen LogP contribution in [0.25, 0.3) is 0 Å². The van der Waals surface area contributed by atoms with Crippen LogP contribution in [0.2, 0.25) is 0 Å². The summed E-state index contributed by atoms with van der Waals surface area (Å²) in [4.78, 5) is 52.6. The van der Waals surface area contributed by atoms with Crippen molar-refractivity contribution in [3.05, 3.63) is 115 Å². The number of esters is 1. The molecule has 2 bridgehead atoms. The quantitative estimate of drug-likeness (QED) is 0.0894. The van der Waals surface area contributed by atoms with Gasteiger partial charge in [-0.3, -0.25) is 19.2 Å². The molecule has 3 fully saturated rings. The summed E-state index contributed by atoms with van der Waals surface area (Å²) >= 11 is 0. The van der Waals surface area contributed by atoms with Gasteiger partial charge in [0, 0.05) is 49.9 Å². The molecule has 26 nitrogen and oxygen atoms in total. The van der Waals surface area contributed by atoms with E-state index < -0.39 is 203 Å². The maximum absolute atomic E-state index is 13.5. The number of carbonyl (C=O) groups excluding carboxylic acids is 3. The summed E-state index contributed by atoms with van der Waals surface area (Å²) in [6, 6.07) is 5.52. The number of aliphatic carboxylic acids is 1. The zero-order valence-electron chi connectivity index (χ0n) is 51.8. The maximum atomic E-state index is 13.5. The second kappa shape index (κ2) is 37.6. The number of cyclic esters (lactones) is 1. The van der Waals surface area contributed by atoms with E-state index in [1.807, 2.05) is 19.9 Å². The standard InChI is InChI=1S/C65H96N2O24/c1-36-17-15-13-11-9-7-5-6-8-10-12-14-16-18-48(87-63-57(80)55(66)61(38(3)86-63)90-64-59(82)58(81)56(79)52(35-68)88-64)32-51-54(62(83)84)50(77)34-65(85,91-51)33-47(75)29-45(73)27-43(71)25-42(70)26-44(72)28-46(74)31-53(78)89-60(36)37(2)19-24-41(69)30-49(76)39-20-22-40(67-4)23-21-39/h5-18,20-23,36-38,41-46,48,50-52,54-61,63-64,67-74,77,79-82,85H,19,24-35,66H2,1-4H3,(H,83,84)/t36?,37?,38-,41?,42?,43?,44?,45?,46?,48?,50?,51?,52-,54?,55-,56-,57+,58+,59+,60?,61-,63+,64+,65?/m1/s1. The second-order valence-corrected chi connectivity index (χ2v) is 24.2. The number of ketones is 2. The number of fused-ring (bicyclic) bond motifs is 2. The minimum atomic E-state index is -2.51. The van der Waals surface area contributed by atoms with Crippen LogP contribution < -0.4 is 11.1 Å². The Morgan fingerprint density at radius 1 is 0.692 bits per heavy atom. The van der Waals surface area contributed by atoms with Crippen molar-refractivity contribution in [3.8, 4) is 0 Å². The monoisotopic (exact) mass is 1290 g/mol. The van der Waals surface area contributed by atoms with Crippen LogP contribution in [-0.2, 0) is 42.8 Å². The molecule has 14 unspecified atom stereocenters. The van der Waals surface area contributed by atoms with Gasteiger partial charge in [0.1, 0.15) is 54.4 Å². The zero-order valence-corrected chi connectivity index (χ0v) is 51.8. The number of anilines is 1. The normalized spacial score (nSPS) is 37.5. The van der Waals surface area contributed by atoms with E-state index in [1.54, 1.807) is 98.1 Å². The number of benzene rings is 1. The first-order chi connectivity index (χ1) is 43.1. The third-order valence-corrected chi connectivity index (χ3v) is 16.5. The molecular weight excluding hydrogens is 1190 g/mol. The van der Waals surface area contributed by atoms with Crippen LogP contribution in [0.5, 0.6) is 0 Å². The van der Waals surface area contributed by atoms with Gasteiger partial charge in [0.25, 0.3) is 0 Å². The molecule has 5 rings (SSSR count). The third kappa shape index (κ3) is 24.5. The number of nitrogens with two attached hydrogens (primary N) is 1. The highest BCUT2D eigenvalue weighted by Gasteiger charge is 2.52. The summed E-state index contributed by atoms with van der Waals surface area (Å²) < 4.78 is 35.5. The topological polar surface area (TPSA) is 445 Å². The van der Waals surface area contributed by atoms with Gasteiger partial charge in [0.05, 0.1) is 86.5 Å². The first-order valence-corrected chi connectivity index (χ1v) is 30.9. The van der Waals surface area contributed by atoms with E-state index in [-0.39, 0.29) is 43.3 Å². The molecular formula is C65H96N2O24. The van der Waals surface area contributed by atoms with Crippen molar-refractivity contribution in [1.29, 1.82) is 0 Å². The SMILES string of the molecule is CNc1ccc(C(=O)CC(O)CCC(C)C2OC(=O)CC(O)CC(O)CC(O)CC(O)CC(O)CC(=O)CC3(O)CC(O)C(C(=O)O)C(CC(O[C@@H]4O[C@H](C)[C@@H](O[C@@H]5O[C@H](CO)[C@@H](O)[C@H](O)[C@@H]5O)[C@H](N)[C@@H]4O)C=CC=CC=CC=CC=CC=CC=CC2C)O3)cc1. The maximum Gasteiger partial charge on any atom is 0.311 e. The molecule has 17 N–H and O–H groups in total. The molecule has 91 heavy (non-hydrogen) atoms. The van der Waals surface area contributed by atoms with E-state index in [4.69, 9.17) is 34.2 Å². The van der Waals surface area contributed by atoms with Crippen LogP contribution in [0.15, 0.2) is 109 Å². The Kier molecular flexibility index (Phi) is 31.6. The fraction of sp³-hybridized carbons (Fsp3) is 0.631. The van der Waals surface area contributed by atoms with Gasteiger partial charge in [0.15, 0.2) is 24.2 Å². The molecule has 4 heterocycles. The highest BCUT2D eigenvalue weighted by Crippen LogP contribution is 2.38. The van der Waals surface area contributed by atoms with Gasteiger partial charge in [-0.1, -0.05) is 98.9 Å². The van der Waals surface area contributed by atoms with Crippen LogP contribution in [0, 0.1) is 17.8 Å². The predicted octanol–water partition coefficient (Wildman–Crippen LogP) is 0.570. The number of hydrogen-bond acceptors (Lipinski definition) is 25. The number of aliphatic hydroxyl groups is 13. The summed E-state index contributed by atoms with van der Waals surface area (Å²) in [5, 5.41) is 154. The molecule has 1 aromatic carbocycles. The summed E-state index contributed by atoms with van der Waals surface area (Å²) in [6.07, 6.45) is -8.13. The van der Waals surface area contributed by atoms with Gasteiger partial charge in [-0.05, 0) is 75.6 Å². The highest BCUT2D eigenvalue weighted by atomic mass is 16.7. The molecule has 510 valence electrons. The van der Waals surface area contributed by atoms with Crippen LogP contribution in [0.1, 0.15) is 108 Å². The molecule has 26 heteroatoms. The van der Waals surface area contributed by atoms with Gasteiger partial charge < -0.3 is 111 Å². The molecule has 1 aromatic rings. The Labute approximate surface area is 529 Å². The highest BCUT2D eigenvalue weighted by molar-refractivity contribution is 5.96. The van der Waals surface area contributed by atoms with Crippen molar-refractivity contribution in [3.63, 3.8) is 0 Å². The number of rotatable bonds is 14. The number of aliphatic hydroxyl groups excluding tert-OH is 12. The van der Waals surface area contributed by atoms with Gasteiger partial charge in [-0.25, -0.2) is 0 Å². The molecule has 4 aliphatic heterocycles. The minimum absolute atomic E-state index is 0.116. The van der Waals surface area contributed by atoms with Crippen molar-refractivity contribution in [2.75, 3.05) is 19.0 Å². The molecule has 0 radical (unpaired) electrons. The predicted molar refractivity (Wildman–Crippen MR) is 328 cm³/mol. The number of allylic oxidation sites excluding steroid dienone is 12. The van der Waals surface area contributed by atoms with Gasteiger partial charge in [-0.15, -0.1) is 0 Å². The number of nitrogens with one attached hydrogen (secondary N) is 1. The lowest BCUT2D eigenvalue weighted by Crippen LogP contribution is -2.66. The van der Waals surface area contributed by atoms with Crippen molar-refractivity contribution >= 4 is 29.2 Å². The first kappa shape index (κ1) is 76.4. The van der Waals surface area contributed by atoms with Crippen LogP contribution in [0.3, 0.4) is 0 Å². The molecule has 0 spiro atoms. The number of carboxylic acid groups (broad SMARTS) is 1. The van der Waals surface area contributed by atoms with Crippen molar-refractivity contribution < 1.29 is 119 Å². The van der Waals surface area contributed by atoms with Crippen molar-refractivity contribution in [2.24, 2.45) is 23.5 Å². The molecule has 24 atom stereocenters. The lowest BCUT2D eigenvalue weighted by molar-refractivity contribution is -0.344. The lowest BCUT2D eigenvalue weighted by atomic mass is 9.83. The van der Waals surface area contributed by atoms with E-state index >= 15 is 0 Å². The summed E-state index contributed by atoms with van der Waals surface area (Å²) in [7, 11) is 1.76. The number of hydrogen-bond donors (Lipinski definition) is 16. The lowest BCUT2D eigenvalue weighted by Gasteiger charge is -2.47. The Balaban J connectivity index is 1.34. The number of carbonyl (C=O) groups is 4. The van der Waals surface area contributed by atoms with E-state index in [0.717, 1.165) is 5.69 Å². The summed E-state index contributed by atoms with van der Waals surface area (Å²) in [5.74, 6) is -8.31. The van der Waals surface area contributed by atoms with Crippen molar-refractivity contribution in [1.82, 2.24) is 0 Å². The smallest absolute Gasteiger partial charge is 0.311 e. The average Bonchev–Trinajstić information content (AvgIpc) is 0.850. The van der Waals surface area contributed by atoms with Crippen LogP contribution in [-0.4, -0.2) is 237 Å². The second-order valence-electron chi connectivity index (χ2n) is 24.2. The molecule has 3 saturated heterocycles. The Morgan fingerprint density at radius 3 is 1.79 bits per heavy atom. The van der Waals surface area contributed by atoms with Crippen LogP contribution in [0.4, 0.5) is 5.69 Å². The Hall–Kier alpha value is -5.28. The van der Waals surface area contributed by atoms with Gasteiger partial charge in [0.2, 0.25) is 0 Å². The molecule has 0 aromatic heterocycles. The van der Waals surface area contributed by atoms with Crippen LogP contribution >= 0.6 is 0 Å². The fourth-order valence-corrected chi connectivity index (χ4v) is 11.6. The molecule has 0 aliphatic carbocycles. The first-order valence-electron chi connectivity index (χ1n) is 30.9. The fourth-order valence-electron chi connectivity index (χ4n) is 11.6. The Bertz CT molecular complexity index is 2630. The summed E-state index contributed by atoms with van der Waals surface area (Å²) in [5.41, 5.74) is 7.75. The molecule has 0 amide bonds. The van der Waals surface area contributed by atoms with Crippen molar-refractivity contribution in [2.45, 2.75) is 226 Å². The van der Waals surface area contributed by atoms with E-state index in [2.05, 4.69) is 5.32 Å². The third-order valence-electron chi connectivity index (χ3n) is 16.5. The van der Waals surface area contributed by atoms with Gasteiger partial charge in [-0.2, -0.15) is 0 Å². The molecule has 4 aliphatic rings. The largest absolute Gasteiger partial charge is 0.481 e. The molecule has 0 saturated carbocycles. The van der Waals surface area contributed by atoms with E-state index in [0.29, 0.717) is 12.0 Å². The number of carboxylic acids is 1. The number of ether oxygens (including phenoxy) is 6. The average molecular weight is 1290 g/mol. The van der Waals surface area contributed by atoms with Gasteiger partial charge >= 0.3 is 11.9 Å². The minimum Gasteiger partial charge on any atom is -0.481 e. The van der Waals surface area contributed by atoms with E-state index in [1.165, 1.54) is 19.1 Å². The zero-order chi connectivity index (χ0) is 67.1. The van der Waals surface area contributed by atoms with E-state index in [9.17, 15) is 90.7 Å². The number of Topliss-reactive ketones (excluding diaryl/α,β-unsaturated/α-hetero) is 2. The Morgan fingerprint density at radius 2 is 1.23 bits per heavy atom.